The van der Waals surface area contributed by atoms with Crippen molar-refractivity contribution in [2.75, 3.05) is 12.3 Å². The zero-order valence-electron chi connectivity index (χ0n) is 20.0. The van der Waals surface area contributed by atoms with Crippen LogP contribution in [0.2, 0.25) is 0 Å². The van der Waals surface area contributed by atoms with Gasteiger partial charge >= 0.3 is 5.97 Å². The van der Waals surface area contributed by atoms with Gasteiger partial charge in [-0.2, -0.15) is 4.72 Å². The Morgan fingerprint density at radius 2 is 1.94 bits per heavy atom. The van der Waals surface area contributed by atoms with Crippen molar-refractivity contribution >= 4 is 27.8 Å². The molecule has 35 heavy (non-hydrogen) atoms. The quantitative estimate of drug-likeness (QED) is 0.188. The third kappa shape index (κ3) is 6.36. The van der Waals surface area contributed by atoms with Gasteiger partial charge in [-0.05, 0) is 64.0 Å². The summed E-state index contributed by atoms with van der Waals surface area (Å²) in [6.07, 6.45) is 2.10. The molecule has 13 heteroatoms. The molecule has 0 spiro atoms. The van der Waals surface area contributed by atoms with Crippen LogP contribution in [0, 0.1) is 20.8 Å². The summed E-state index contributed by atoms with van der Waals surface area (Å²) >= 11 is 0. The largest absolute Gasteiger partial charge is 0.478 e. The molecule has 0 radical (unpaired) electrons. The molecule has 3 rings (SSSR count). The lowest BCUT2D eigenvalue weighted by molar-refractivity contribution is -0.151. The number of nitrogens with zero attached hydrogens (tertiary/aromatic N) is 1. The third-order valence-electron chi connectivity index (χ3n) is 5.80. The van der Waals surface area contributed by atoms with Gasteiger partial charge in [0.1, 0.15) is 0 Å². The molecule has 2 heterocycles. The summed E-state index contributed by atoms with van der Waals surface area (Å²) < 4.78 is 29.2. The number of unbranched alkanes of at least 4 members (excludes halogenated alkanes) is 1. The Bertz CT molecular complexity index is 1170. The number of hydrogen-bond donors (Lipinski definition) is 6. The fourth-order valence-electron chi connectivity index (χ4n) is 4.30. The number of aromatic nitrogens is 2. The number of benzene rings is 1. The van der Waals surface area contributed by atoms with E-state index >= 15 is 0 Å². The molecule has 1 fully saturated rings. The van der Waals surface area contributed by atoms with E-state index in [2.05, 4.69) is 25.5 Å². The number of aliphatic carboxylic acids is 1. The van der Waals surface area contributed by atoms with Crippen LogP contribution < -0.4 is 21.3 Å². The molecule has 7 N–H and O–H groups in total. The van der Waals surface area contributed by atoms with Gasteiger partial charge < -0.3 is 21.1 Å². The van der Waals surface area contributed by atoms with Gasteiger partial charge in [0, 0.05) is 12.7 Å². The number of carbonyl (C=O) groups is 2. The van der Waals surface area contributed by atoms with Crippen LogP contribution in [0.1, 0.15) is 48.1 Å². The van der Waals surface area contributed by atoms with E-state index in [1.54, 1.807) is 32.2 Å². The summed E-state index contributed by atoms with van der Waals surface area (Å²) in [7, 11) is -4.33. The maximum Gasteiger partial charge on any atom is 0.345 e. The van der Waals surface area contributed by atoms with Crippen LogP contribution in [0.5, 0.6) is 0 Å². The minimum atomic E-state index is -4.33. The predicted octanol–water partition coefficient (Wildman–Crippen LogP) is 0.799. The molecule has 1 saturated heterocycles. The molecule has 0 bridgehead atoms. The third-order valence-corrected chi connectivity index (χ3v) is 7.59. The van der Waals surface area contributed by atoms with Crippen molar-refractivity contribution in [3.8, 4) is 0 Å². The molecule has 1 aliphatic rings. The number of amides is 1. The first-order valence-corrected chi connectivity index (χ1v) is 12.8. The predicted molar refractivity (Wildman–Crippen MR) is 128 cm³/mol. The molecule has 0 saturated carbocycles. The van der Waals surface area contributed by atoms with Gasteiger partial charge in [-0.3, -0.25) is 9.63 Å². The maximum absolute atomic E-state index is 13.5. The Kier molecular flexibility index (Phi) is 8.15. The number of aromatic amines is 1. The van der Waals surface area contributed by atoms with Crippen molar-refractivity contribution in [2.45, 2.75) is 69.5 Å². The number of nitrogens with two attached hydrogens (primary N) is 1. The van der Waals surface area contributed by atoms with E-state index in [-0.39, 0.29) is 23.7 Å². The van der Waals surface area contributed by atoms with Crippen molar-refractivity contribution in [2.24, 2.45) is 0 Å². The number of rotatable bonds is 11. The molecule has 12 nitrogen and oxygen atoms in total. The number of nitrogen functional groups attached to an aromatic ring is 1. The second kappa shape index (κ2) is 10.7. The molecular weight excluding hydrogens is 476 g/mol. The van der Waals surface area contributed by atoms with Gasteiger partial charge in [0.25, 0.3) is 5.91 Å². The summed E-state index contributed by atoms with van der Waals surface area (Å²) in [5.41, 5.74) is 8.39. The van der Waals surface area contributed by atoms with Gasteiger partial charge in [0.2, 0.25) is 15.7 Å². The van der Waals surface area contributed by atoms with E-state index in [0.29, 0.717) is 42.6 Å². The normalized spacial score (nSPS) is 17.7. The highest BCUT2D eigenvalue weighted by Gasteiger charge is 2.45. The zero-order valence-corrected chi connectivity index (χ0v) is 20.8. The average molecular weight is 509 g/mol. The number of anilines is 1. The first kappa shape index (κ1) is 26.6. The van der Waals surface area contributed by atoms with Crippen molar-refractivity contribution in [3.05, 3.63) is 40.7 Å². The van der Waals surface area contributed by atoms with Crippen LogP contribution in [0.4, 0.5) is 5.95 Å². The smallest absolute Gasteiger partial charge is 0.345 e. The Morgan fingerprint density at radius 3 is 2.49 bits per heavy atom. The van der Waals surface area contributed by atoms with Crippen LogP contribution in [0.3, 0.4) is 0 Å². The van der Waals surface area contributed by atoms with Crippen LogP contribution >= 0.6 is 0 Å². The summed E-state index contributed by atoms with van der Waals surface area (Å²) in [4.78, 5) is 37.4. The topological polar surface area (TPSA) is 189 Å². The second-order valence-electron chi connectivity index (χ2n) is 8.81. The molecule has 2 aromatic rings. The number of sulfonamides is 1. The van der Waals surface area contributed by atoms with Gasteiger partial charge in [0.05, 0.1) is 10.6 Å². The van der Waals surface area contributed by atoms with Gasteiger partial charge in [0.15, 0.2) is 12.1 Å². The minimum Gasteiger partial charge on any atom is -0.478 e. The molecule has 192 valence electrons. The highest BCUT2D eigenvalue weighted by atomic mass is 32.2. The molecule has 2 unspecified atom stereocenters. The number of imidazole rings is 1. The van der Waals surface area contributed by atoms with E-state index in [1.165, 1.54) is 0 Å². The number of carbonyl (C=O) groups excluding carboxylic acids is 1. The van der Waals surface area contributed by atoms with Crippen LogP contribution in [-0.2, 0) is 30.9 Å². The lowest BCUT2D eigenvalue weighted by Gasteiger charge is -2.32. The Labute approximate surface area is 204 Å². The summed E-state index contributed by atoms with van der Waals surface area (Å²) in [5, 5.41) is 12.6. The molecule has 1 aliphatic heterocycles. The zero-order chi connectivity index (χ0) is 25.8. The fourth-order valence-corrected chi connectivity index (χ4v) is 6.07. The Balaban J connectivity index is 1.88. The van der Waals surface area contributed by atoms with Crippen LogP contribution in [-0.4, -0.2) is 53.7 Å². The van der Waals surface area contributed by atoms with Gasteiger partial charge in [-0.15, -0.1) is 0 Å². The van der Waals surface area contributed by atoms with Crippen molar-refractivity contribution < 1.29 is 28.0 Å². The van der Waals surface area contributed by atoms with Crippen molar-refractivity contribution in [1.29, 1.82) is 0 Å². The minimum absolute atomic E-state index is 0.0197. The number of hydrogen-bond acceptors (Lipinski definition) is 8. The number of carboxylic acid groups (broad SMARTS) is 1. The highest BCUT2D eigenvalue weighted by molar-refractivity contribution is 7.89. The van der Waals surface area contributed by atoms with E-state index in [1.807, 2.05) is 6.92 Å². The summed E-state index contributed by atoms with van der Waals surface area (Å²) in [6, 6.07) is 3.41. The summed E-state index contributed by atoms with van der Waals surface area (Å²) in [5.74, 6) is -1.97. The van der Waals surface area contributed by atoms with E-state index < -0.39 is 33.7 Å². The Hall–Kier alpha value is -3.00. The molecule has 1 aromatic heterocycles. The monoisotopic (exact) mass is 508 g/mol. The van der Waals surface area contributed by atoms with Crippen LogP contribution in [0.15, 0.2) is 23.2 Å². The molecule has 1 amide bonds. The average Bonchev–Trinajstić information content (AvgIpc) is 3.41. The molecule has 1 aromatic carbocycles. The van der Waals surface area contributed by atoms with E-state index in [9.17, 15) is 23.1 Å². The SMILES string of the molecule is Cc1cc(C)c(S(=O)(=O)NC(CCCCc2c[nH]c(N)n2)(NC(=O)C2CCNO2)C(=O)O)c(C)c1. The lowest BCUT2D eigenvalue weighted by Crippen LogP contribution is -2.66. The first-order valence-electron chi connectivity index (χ1n) is 11.3. The number of nitrogens with one attached hydrogen (secondary N) is 4. The number of hydroxylamine groups is 1. The van der Waals surface area contributed by atoms with E-state index in [0.717, 1.165) is 5.56 Å². The van der Waals surface area contributed by atoms with Crippen LogP contribution in [0.25, 0.3) is 0 Å². The first-order chi connectivity index (χ1) is 16.4. The summed E-state index contributed by atoms with van der Waals surface area (Å²) in [6.45, 7) is 5.54. The van der Waals surface area contributed by atoms with Crippen molar-refractivity contribution in [1.82, 2.24) is 25.5 Å². The van der Waals surface area contributed by atoms with Gasteiger partial charge in [-0.1, -0.05) is 17.7 Å². The number of H-pyrrole nitrogens is 1. The second-order valence-corrected chi connectivity index (χ2v) is 10.4. The Morgan fingerprint density at radius 1 is 1.26 bits per heavy atom. The highest BCUT2D eigenvalue weighted by Crippen LogP contribution is 2.25. The number of aryl methyl sites for hydroxylation is 4. The molecular formula is C22H32N6O6S. The van der Waals surface area contributed by atoms with E-state index in [4.69, 9.17) is 10.6 Å². The standard InChI is InChI=1S/C22H32N6O6S/c1-13-10-14(2)18(15(3)11-13)35(32,33)28-22(20(30)31,27-19(29)17-7-9-25-34-17)8-5-4-6-16-12-24-21(23)26-16/h10-12,17,25,28H,4-9H2,1-3H3,(H,27,29)(H,30,31)(H3,23,24,26). The maximum atomic E-state index is 13.5. The molecule has 0 aliphatic carbocycles. The number of carboxylic acids is 1. The lowest BCUT2D eigenvalue weighted by atomic mass is 10.0. The van der Waals surface area contributed by atoms with Gasteiger partial charge in [-0.25, -0.2) is 23.7 Å². The fraction of sp³-hybridized carbons (Fsp3) is 0.500. The molecule has 2 atom stereocenters. The van der Waals surface area contributed by atoms with Crippen molar-refractivity contribution in [3.63, 3.8) is 0 Å².